The Morgan fingerprint density at radius 1 is 1.16 bits per heavy atom. The molecule has 3 saturated heterocycles. The zero-order valence-corrected chi connectivity index (χ0v) is 17.8. The van der Waals surface area contributed by atoms with Crippen LogP contribution in [0.1, 0.15) is 36.8 Å². The summed E-state index contributed by atoms with van der Waals surface area (Å²) in [6.07, 6.45) is -0.877. The van der Waals surface area contributed by atoms with Gasteiger partial charge in [0.1, 0.15) is 5.82 Å². The molecule has 0 bridgehead atoms. The van der Waals surface area contributed by atoms with Crippen LogP contribution in [0, 0.1) is 17.2 Å². The molecule has 10 heteroatoms. The molecule has 2 spiro atoms. The van der Waals surface area contributed by atoms with Crippen LogP contribution in [0.4, 0.5) is 22.4 Å². The normalized spacial score (nSPS) is 27.0. The van der Waals surface area contributed by atoms with Crippen LogP contribution in [0.2, 0.25) is 0 Å². The molecular weight excluding hydrogens is 434 g/mol. The predicted octanol–water partition coefficient (Wildman–Crippen LogP) is 3.32. The molecule has 1 unspecified atom stereocenters. The van der Waals surface area contributed by atoms with E-state index in [9.17, 15) is 26.6 Å². The molecule has 4 fully saturated rings. The van der Waals surface area contributed by atoms with E-state index < -0.39 is 28.5 Å². The van der Waals surface area contributed by atoms with Gasteiger partial charge in [0.05, 0.1) is 22.1 Å². The molecule has 170 valence electrons. The summed E-state index contributed by atoms with van der Waals surface area (Å²) < 4.78 is 67.8. The number of carbonyl (C=O) groups excluding carboxylic acids is 1. The fraction of sp³-hybridized carbons (Fsp3) is 0.667. The Bertz CT molecular complexity index is 918. The van der Waals surface area contributed by atoms with Gasteiger partial charge in [0.2, 0.25) is 0 Å². The van der Waals surface area contributed by atoms with Crippen molar-refractivity contribution in [2.75, 3.05) is 31.9 Å². The van der Waals surface area contributed by atoms with Crippen molar-refractivity contribution in [3.63, 3.8) is 0 Å². The molecule has 3 aliphatic heterocycles. The SMILES string of the molecule is O=C(N1CC2(CC(Cc3ccc(F)cc3C(F)(F)F)C2)C1)N1CC2(CCCS(=O)N2)C1. The topological polar surface area (TPSA) is 52.7 Å². The number of alkyl halides is 3. The fourth-order valence-electron chi connectivity index (χ4n) is 5.90. The first-order valence-electron chi connectivity index (χ1n) is 10.6. The lowest BCUT2D eigenvalue weighted by atomic mass is 9.56. The van der Waals surface area contributed by atoms with Crippen molar-refractivity contribution >= 4 is 17.0 Å². The van der Waals surface area contributed by atoms with Crippen LogP contribution in [0.3, 0.4) is 0 Å². The zero-order chi connectivity index (χ0) is 22.0. The molecule has 0 aromatic heterocycles. The summed E-state index contributed by atoms with van der Waals surface area (Å²) in [5.74, 6) is -0.0947. The van der Waals surface area contributed by atoms with Gasteiger partial charge in [-0.3, -0.25) is 0 Å². The third-order valence-electron chi connectivity index (χ3n) is 7.23. The summed E-state index contributed by atoms with van der Waals surface area (Å²) in [6.45, 7) is 2.43. The molecule has 1 aromatic rings. The summed E-state index contributed by atoms with van der Waals surface area (Å²) >= 11 is 0. The van der Waals surface area contributed by atoms with Crippen LogP contribution in [0.5, 0.6) is 0 Å². The lowest BCUT2D eigenvalue weighted by molar-refractivity contribution is -0.138. The minimum Gasteiger partial charge on any atom is -0.323 e. The van der Waals surface area contributed by atoms with E-state index in [0.717, 1.165) is 31.7 Å². The van der Waals surface area contributed by atoms with Gasteiger partial charge < -0.3 is 9.80 Å². The van der Waals surface area contributed by atoms with E-state index in [2.05, 4.69) is 4.72 Å². The minimum atomic E-state index is -4.56. The Morgan fingerprint density at radius 3 is 2.48 bits per heavy atom. The summed E-state index contributed by atoms with van der Waals surface area (Å²) in [4.78, 5) is 16.3. The molecule has 5 rings (SSSR count). The van der Waals surface area contributed by atoms with E-state index in [1.807, 2.05) is 4.90 Å². The first-order chi connectivity index (χ1) is 14.6. The number of urea groups is 1. The number of carbonyl (C=O) groups is 1. The van der Waals surface area contributed by atoms with Crippen LogP contribution < -0.4 is 4.72 Å². The molecule has 3 heterocycles. The molecule has 5 nitrogen and oxygen atoms in total. The molecule has 0 radical (unpaired) electrons. The highest BCUT2D eigenvalue weighted by Gasteiger charge is 2.56. The maximum atomic E-state index is 13.3. The van der Waals surface area contributed by atoms with Gasteiger partial charge >= 0.3 is 12.2 Å². The maximum absolute atomic E-state index is 13.3. The predicted molar refractivity (Wildman–Crippen MR) is 107 cm³/mol. The summed E-state index contributed by atoms with van der Waals surface area (Å²) in [5, 5.41) is 0. The Hall–Kier alpha value is -1.68. The lowest BCUT2D eigenvalue weighted by Gasteiger charge is -2.61. The van der Waals surface area contributed by atoms with Gasteiger partial charge in [0.25, 0.3) is 0 Å². The molecular formula is C21H25F4N3O2S. The summed E-state index contributed by atoms with van der Waals surface area (Å²) in [7, 11) is -1.01. The van der Waals surface area contributed by atoms with Gasteiger partial charge in [-0.1, -0.05) is 6.07 Å². The van der Waals surface area contributed by atoms with Gasteiger partial charge in [0, 0.05) is 37.3 Å². The molecule has 1 atom stereocenters. The highest BCUT2D eigenvalue weighted by atomic mass is 32.2. The van der Waals surface area contributed by atoms with Crippen LogP contribution in [0.25, 0.3) is 0 Å². The first kappa shape index (κ1) is 21.2. The van der Waals surface area contributed by atoms with Crippen LogP contribution in [0.15, 0.2) is 18.2 Å². The average Bonchev–Trinajstić information content (AvgIpc) is 2.60. The number of hydrogen-bond acceptors (Lipinski definition) is 2. The van der Waals surface area contributed by atoms with Crippen LogP contribution >= 0.6 is 0 Å². The summed E-state index contributed by atoms with van der Waals surface area (Å²) in [5.41, 5.74) is -0.924. The number of likely N-dealkylation sites (tertiary alicyclic amines) is 2. The monoisotopic (exact) mass is 459 g/mol. The molecule has 4 aliphatic rings. The fourth-order valence-corrected chi connectivity index (χ4v) is 7.12. The standard InChI is InChI=1S/C21H25F4N3O2S/c22-16-3-2-15(17(7-16)21(23,24)25)6-14-8-19(9-14)10-27(11-19)18(29)28-12-20(13-28)4-1-5-31(30)26-20/h2-3,7,14,26H,1,4-6,8-13H2. The molecule has 1 N–H and O–H groups in total. The Morgan fingerprint density at radius 2 is 1.84 bits per heavy atom. The Kier molecular flexibility index (Phi) is 4.89. The second kappa shape index (κ2) is 7.16. The number of nitrogens with zero attached hydrogens (tertiary/aromatic N) is 2. The van der Waals surface area contributed by atoms with Gasteiger partial charge in [0.15, 0.2) is 0 Å². The molecule has 31 heavy (non-hydrogen) atoms. The van der Waals surface area contributed by atoms with E-state index >= 15 is 0 Å². The van der Waals surface area contributed by atoms with Crippen molar-refractivity contribution in [3.8, 4) is 0 Å². The van der Waals surface area contributed by atoms with E-state index in [1.54, 1.807) is 4.90 Å². The smallest absolute Gasteiger partial charge is 0.323 e. The molecule has 2 amide bonds. The molecule has 1 aliphatic carbocycles. The largest absolute Gasteiger partial charge is 0.416 e. The van der Waals surface area contributed by atoms with E-state index in [1.165, 1.54) is 6.07 Å². The van der Waals surface area contributed by atoms with Gasteiger partial charge in [-0.15, -0.1) is 0 Å². The van der Waals surface area contributed by atoms with Crippen molar-refractivity contribution in [1.82, 2.24) is 14.5 Å². The number of halogens is 4. The highest BCUT2D eigenvalue weighted by Crippen LogP contribution is 2.53. The lowest BCUT2D eigenvalue weighted by Crippen LogP contribution is -2.75. The van der Waals surface area contributed by atoms with Crippen molar-refractivity contribution < 1.29 is 26.6 Å². The van der Waals surface area contributed by atoms with Gasteiger partial charge in [-0.2, -0.15) is 13.2 Å². The minimum absolute atomic E-state index is 0.00394. The summed E-state index contributed by atoms with van der Waals surface area (Å²) in [6, 6.07) is 2.89. The van der Waals surface area contributed by atoms with Crippen LogP contribution in [-0.2, 0) is 23.6 Å². The van der Waals surface area contributed by atoms with Gasteiger partial charge in [-0.05, 0) is 55.7 Å². The number of hydrogen-bond donors (Lipinski definition) is 1. The highest BCUT2D eigenvalue weighted by molar-refractivity contribution is 7.83. The third-order valence-corrected chi connectivity index (χ3v) is 8.55. The number of nitrogens with one attached hydrogen (secondary N) is 1. The van der Waals surface area contributed by atoms with Crippen molar-refractivity contribution in [1.29, 1.82) is 0 Å². The Balaban J connectivity index is 1.11. The molecule has 1 aromatic carbocycles. The van der Waals surface area contributed by atoms with Gasteiger partial charge in [-0.25, -0.2) is 18.1 Å². The number of rotatable bonds is 2. The Labute approximate surface area is 180 Å². The average molecular weight is 460 g/mol. The third kappa shape index (κ3) is 3.86. The van der Waals surface area contributed by atoms with Crippen LogP contribution in [-0.4, -0.2) is 57.5 Å². The first-order valence-corrected chi connectivity index (χ1v) is 11.9. The number of benzene rings is 1. The van der Waals surface area contributed by atoms with E-state index in [0.29, 0.717) is 38.0 Å². The zero-order valence-electron chi connectivity index (χ0n) is 17.0. The van der Waals surface area contributed by atoms with Crippen molar-refractivity contribution in [2.24, 2.45) is 11.3 Å². The van der Waals surface area contributed by atoms with E-state index in [4.69, 9.17) is 0 Å². The second-order valence-electron chi connectivity index (χ2n) is 9.81. The molecule has 1 saturated carbocycles. The van der Waals surface area contributed by atoms with E-state index in [-0.39, 0.29) is 34.9 Å². The van der Waals surface area contributed by atoms with Crippen molar-refractivity contribution in [3.05, 3.63) is 35.1 Å². The second-order valence-corrected chi connectivity index (χ2v) is 11.1. The van der Waals surface area contributed by atoms with Crippen molar-refractivity contribution in [2.45, 2.75) is 43.8 Å². The number of amides is 2. The maximum Gasteiger partial charge on any atom is 0.416 e. The quantitative estimate of drug-likeness (QED) is 0.690.